The summed E-state index contributed by atoms with van der Waals surface area (Å²) in [6, 6.07) is 16.6. The molecule has 3 heterocycles. The number of anilines is 1. The smallest absolute Gasteiger partial charge is 0.433 e. The van der Waals surface area contributed by atoms with Crippen LogP contribution in [-0.2, 0) is 17.5 Å². The Morgan fingerprint density at radius 1 is 0.979 bits per heavy atom. The predicted molar refractivity (Wildman–Crippen MR) is 172 cm³/mol. The molecule has 3 N–H and O–H groups in total. The van der Waals surface area contributed by atoms with E-state index in [4.69, 9.17) is 15.2 Å². The highest BCUT2D eigenvalue weighted by atomic mass is 19.4. The number of amides is 1. The van der Waals surface area contributed by atoms with Crippen LogP contribution in [0.3, 0.4) is 0 Å². The quantitative estimate of drug-likeness (QED) is 0.130. The zero-order chi connectivity index (χ0) is 34.5. The molecule has 1 aliphatic rings. The largest absolute Gasteiger partial charge is 0.491 e. The molecule has 5 rings (SSSR count). The minimum atomic E-state index is -4.60. The molecule has 0 saturated carbocycles. The molecule has 2 aromatic carbocycles. The number of hydrogen-bond acceptors (Lipinski definition) is 7. The third-order valence-electron chi connectivity index (χ3n) is 7.79. The monoisotopic (exact) mass is 669 g/mol. The molecule has 1 fully saturated rings. The van der Waals surface area contributed by atoms with E-state index >= 15 is 0 Å². The van der Waals surface area contributed by atoms with Gasteiger partial charge in [0.1, 0.15) is 23.7 Å². The zero-order valence-corrected chi connectivity index (χ0v) is 26.4. The number of ether oxygens (including phenoxy) is 2. The molecule has 1 amide bonds. The van der Waals surface area contributed by atoms with Crippen molar-refractivity contribution in [2.75, 3.05) is 31.6 Å². The number of hydrogen-bond donors (Lipinski definition) is 2. The van der Waals surface area contributed by atoms with Crippen LogP contribution < -0.4 is 15.8 Å². The molecule has 0 aliphatic carbocycles. The maximum absolute atomic E-state index is 14.0. The van der Waals surface area contributed by atoms with Gasteiger partial charge in [0.2, 0.25) is 0 Å². The van der Waals surface area contributed by atoms with Crippen LogP contribution in [0.2, 0.25) is 0 Å². The lowest BCUT2D eigenvalue weighted by atomic mass is 9.99. The Bertz CT molecular complexity index is 1700. The molecular formula is C35H36F5N5O3. The second kappa shape index (κ2) is 14.8. The Hall–Kier alpha value is -4.46. The number of nitrogens with two attached hydrogens (primary N) is 1. The first kappa shape index (κ1) is 34.9. The molecular weight excluding hydrogens is 633 g/mol. The first-order valence-electron chi connectivity index (χ1n) is 15.4. The zero-order valence-electron chi connectivity index (χ0n) is 26.4. The SMILES string of the molecule is CC(C)OCCOc1ccc(-c2ccnc(C(=O)Nc3cc(CN4CCC(F)(F)[C@H](N)C4)cc(-c4ccc(C(F)(F)F)nc4)c3)c2)cc1. The van der Waals surface area contributed by atoms with Crippen LogP contribution >= 0.6 is 0 Å². The number of carbonyl (C=O) groups excluding carboxylic acids is 1. The van der Waals surface area contributed by atoms with Crippen LogP contribution in [0.1, 0.15) is 42.0 Å². The molecule has 0 spiro atoms. The Labute approximate surface area is 275 Å². The molecule has 0 unspecified atom stereocenters. The minimum absolute atomic E-state index is 0.0445. The summed E-state index contributed by atoms with van der Waals surface area (Å²) in [5.74, 6) is -2.81. The van der Waals surface area contributed by atoms with Gasteiger partial charge in [0.25, 0.3) is 11.8 Å². The highest BCUT2D eigenvalue weighted by molar-refractivity contribution is 6.03. The third kappa shape index (κ3) is 9.12. The van der Waals surface area contributed by atoms with E-state index in [0.29, 0.717) is 41.3 Å². The van der Waals surface area contributed by atoms with Crippen molar-refractivity contribution < 1.29 is 36.2 Å². The molecule has 254 valence electrons. The Balaban J connectivity index is 1.35. The van der Waals surface area contributed by atoms with E-state index in [0.717, 1.165) is 23.4 Å². The van der Waals surface area contributed by atoms with Crippen LogP contribution in [0.25, 0.3) is 22.3 Å². The van der Waals surface area contributed by atoms with Crippen molar-refractivity contribution in [3.63, 3.8) is 0 Å². The number of aromatic nitrogens is 2. The molecule has 48 heavy (non-hydrogen) atoms. The summed E-state index contributed by atoms with van der Waals surface area (Å²) in [5, 5.41) is 2.83. The molecule has 1 aliphatic heterocycles. The minimum Gasteiger partial charge on any atom is -0.491 e. The number of piperidine rings is 1. The average molecular weight is 670 g/mol. The molecule has 4 aromatic rings. The van der Waals surface area contributed by atoms with Crippen LogP contribution in [0.5, 0.6) is 5.75 Å². The number of pyridine rings is 2. The summed E-state index contributed by atoms with van der Waals surface area (Å²) >= 11 is 0. The Kier molecular flexibility index (Phi) is 10.7. The highest BCUT2D eigenvalue weighted by Crippen LogP contribution is 2.32. The van der Waals surface area contributed by atoms with Gasteiger partial charge >= 0.3 is 6.18 Å². The lowest BCUT2D eigenvalue weighted by molar-refractivity contribution is -0.141. The molecule has 13 heteroatoms. The topological polar surface area (TPSA) is 103 Å². The van der Waals surface area contributed by atoms with Gasteiger partial charge in [0.05, 0.1) is 18.8 Å². The molecule has 2 aromatic heterocycles. The first-order chi connectivity index (χ1) is 22.8. The van der Waals surface area contributed by atoms with Gasteiger partial charge in [-0.3, -0.25) is 19.7 Å². The second-order valence-corrected chi connectivity index (χ2v) is 11.9. The van der Waals surface area contributed by atoms with Gasteiger partial charge in [-0.1, -0.05) is 18.2 Å². The van der Waals surface area contributed by atoms with E-state index < -0.39 is 36.2 Å². The maximum Gasteiger partial charge on any atom is 0.433 e. The number of likely N-dealkylation sites (tertiary alicyclic amines) is 1. The van der Waals surface area contributed by atoms with Gasteiger partial charge in [0.15, 0.2) is 0 Å². The normalized spacial score (nSPS) is 16.6. The van der Waals surface area contributed by atoms with Crippen molar-refractivity contribution in [3.8, 4) is 28.0 Å². The van der Waals surface area contributed by atoms with E-state index in [1.807, 2.05) is 38.1 Å². The molecule has 0 radical (unpaired) electrons. The molecule has 1 atom stereocenters. The van der Waals surface area contributed by atoms with E-state index in [-0.39, 0.29) is 31.4 Å². The summed E-state index contributed by atoms with van der Waals surface area (Å²) < 4.78 is 78.6. The first-order valence-corrected chi connectivity index (χ1v) is 15.4. The van der Waals surface area contributed by atoms with Gasteiger partial charge in [-0.2, -0.15) is 13.2 Å². The lowest BCUT2D eigenvalue weighted by Gasteiger charge is -2.36. The number of alkyl halides is 5. The van der Waals surface area contributed by atoms with Crippen LogP contribution in [-0.4, -0.2) is 65.1 Å². The Morgan fingerprint density at radius 2 is 1.73 bits per heavy atom. The van der Waals surface area contributed by atoms with E-state index in [1.54, 1.807) is 35.2 Å². The summed E-state index contributed by atoms with van der Waals surface area (Å²) in [6.45, 7) is 5.08. The standard InChI is InChI=1S/C35H36F5N5O3/c1-22(2)47-13-14-48-29-6-3-24(4-7-29)25-9-11-42-30(18-25)33(46)44-28-16-23(20-45-12-10-34(36,37)31(41)21-45)15-27(17-28)26-5-8-32(43-19-26)35(38,39)40/h3-9,11,15-19,22,31H,10,12-14,20-21,41H2,1-2H3,(H,44,46)/t31-/m1/s1. The summed E-state index contributed by atoms with van der Waals surface area (Å²) in [5.41, 5.74) is 8.23. The molecule has 1 saturated heterocycles. The molecule has 0 bridgehead atoms. The third-order valence-corrected chi connectivity index (χ3v) is 7.79. The predicted octanol–water partition coefficient (Wildman–Crippen LogP) is 7.05. The fourth-order valence-electron chi connectivity index (χ4n) is 5.27. The van der Waals surface area contributed by atoms with Gasteiger partial charge in [-0.05, 0) is 84.6 Å². The van der Waals surface area contributed by atoms with Crippen LogP contribution in [0.4, 0.5) is 27.6 Å². The summed E-state index contributed by atoms with van der Waals surface area (Å²) in [7, 11) is 0. The van der Waals surface area contributed by atoms with E-state index in [2.05, 4.69) is 15.3 Å². The fourth-order valence-corrected chi connectivity index (χ4v) is 5.27. The van der Waals surface area contributed by atoms with Crippen molar-refractivity contribution in [1.29, 1.82) is 0 Å². The van der Waals surface area contributed by atoms with Gasteiger partial charge < -0.3 is 20.5 Å². The van der Waals surface area contributed by atoms with Gasteiger partial charge in [-0.15, -0.1) is 0 Å². The Morgan fingerprint density at radius 3 is 2.40 bits per heavy atom. The van der Waals surface area contributed by atoms with Crippen molar-refractivity contribution >= 4 is 11.6 Å². The van der Waals surface area contributed by atoms with Crippen molar-refractivity contribution in [2.45, 2.75) is 51.1 Å². The van der Waals surface area contributed by atoms with Crippen LogP contribution in [0.15, 0.2) is 79.1 Å². The number of rotatable bonds is 11. The van der Waals surface area contributed by atoms with Crippen molar-refractivity contribution in [2.24, 2.45) is 5.73 Å². The fraction of sp³-hybridized carbons (Fsp3) is 0.343. The van der Waals surface area contributed by atoms with E-state index in [1.165, 1.54) is 12.3 Å². The highest BCUT2D eigenvalue weighted by Gasteiger charge is 2.41. The number of nitrogens with zero attached hydrogens (tertiary/aromatic N) is 3. The number of nitrogens with one attached hydrogen (secondary N) is 1. The lowest BCUT2D eigenvalue weighted by Crippen LogP contribution is -2.54. The summed E-state index contributed by atoms with van der Waals surface area (Å²) in [4.78, 5) is 23.0. The van der Waals surface area contributed by atoms with Crippen molar-refractivity contribution in [1.82, 2.24) is 14.9 Å². The average Bonchev–Trinajstić information content (AvgIpc) is 3.05. The maximum atomic E-state index is 14.0. The van der Waals surface area contributed by atoms with Crippen LogP contribution in [0, 0.1) is 0 Å². The summed E-state index contributed by atoms with van der Waals surface area (Å²) in [6.07, 6.45) is -2.26. The molecule has 8 nitrogen and oxygen atoms in total. The number of halogens is 5. The second-order valence-electron chi connectivity index (χ2n) is 11.9. The van der Waals surface area contributed by atoms with Gasteiger partial charge in [0, 0.05) is 49.7 Å². The van der Waals surface area contributed by atoms with Crippen molar-refractivity contribution in [3.05, 3.63) is 96.1 Å². The number of benzene rings is 2. The number of carbonyl (C=O) groups is 1. The van der Waals surface area contributed by atoms with E-state index in [9.17, 15) is 26.7 Å². The van der Waals surface area contributed by atoms with Gasteiger partial charge in [-0.25, -0.2) is 8.78 Å².